The van der Waals surface area contributed by atoms with Crippen LogP contribution in [0.2, 0.25) is 0 Å². The zero-order valence-corrected chi connectivity index (χ0v) is 17.4. The number of nitrogens with zero attached hydrogens (tertiary/aromatic N) is 3. The summed E-state index contributed by atoms with van der Waals surface area (Å²) in [5.41, 5.74) is 4.38. The first kappa shape index (κ1) is 19.7. The molecule has 2 heterocycles. The van der Waals surface area contributed by atoms with Crippen LogP contribution in [0.5, 0.6) is 0 Å². The highest BCUT2D eigenvalue weighted by atomic mass is 32.2. The van der Waals surface area contributed by atoms with Crippen molar-refractivity contribution in [1.82, 2.24) is 9.29 Å². The number of hydrazone groups is 1. The normalized spacial score (nSPS) is 12.1. The zero-order valence-electron chi connectivity index (χ0n) is 15.0. The molecule has 0 amide bonds. The molecule has 6 nitrogen and oxygen atoms in total. The molecule has 0 aliphatic carbocycles. The van der Waals surface area contributed by atoms with Gasteiger partial charge in [0, 0.05) is 28.9 Å². The lowest BCUT2D eigenvalue weighted by atomic mass is 10.2. The van der Waals surface area contributed by atoms with Gasteiger partial charge in [0.25, 0.3) is 0 Å². The maximum absolute atomic E-state index is 12.7. The monoisotopic (exact) mass is 420 g/mol. The van der Waals surface area contributed by atoms with Crippen molar-refractivity contribution < 1.29 is 8.42 Å². The number of nitrogens with one attached hydrogen (secondary N) is 1. The third-order valence-corrected chi connectivity index (χ3v) is 7.47. The Balaban J connectivity index is 1.79. The van der Waals surface area contributed by atoms with E-state index in [1.807, 2.05) is 42.8 Å². The highest BCUT2D eigenvalue weighted by Gasteiger charge is 2.22. The first-order valence-corrected chi connectivity index (χ1v) is 11.6. The summed E-state index contributed by atoms with van der Waals surface area (Å²) in [6.45, 7) is 4.55. The third-order valence-electron chi connectivity index (χ3n) is 3.87. The Kier molecular flexibility index (Phi) is 6.38. The first-order chi connectivity index (χ1) is 13.0. The summed E-state index contributed by atoms with van der Waals surface area (Å²) in [6, 6.07) is 10.8. The van der Waals surface area contributed by atoms with E-state index in [0.717, 1.165) is 10.4 Å². The fourth-order valence-corrected chi connectivity index (χ4v) is 5.26. The van der Waals surface area contributed by atoms with Gasteiger partial charge >= 0.3 is 0 Å². The van der Waals surface area contributed by atoms with Crippen LogP contribution in [0.25, 0.3) is 11.3 Å². The molecule has 0 spiro atoms. The molecule has 0 radical (unpaired) electrons. The fourth-order valence-electron chi connectivity index (χ4n) is 2.50. The molecule has 0 saturated carbocycles. The lowest BCUT2D eigenvalue weighted by Gasteiger charge is -2.18. The minimum absolute atomic E-state index is 0.280. The molecular weight excluding hydrogens is 400 g/mol. The molecule has 0 saturated heterocycles. The van der Waals surface area contributed by atoms with Gasteiger partial charge in [-0.3, -0.25) is 5.43 Å². The number of rotatable bonds is 8. The Hall–Kier alpha value is -2.07. The summed E-state index contributed by atoms with van der Waals surface area (Å²) in [7, 11) is -3.49. The van der Waals surface area contributed by atoms with E-state index in [9.17, 15) is 8.42 Å². The van der Waals surface area contributed by atoms with Crippen molar-refractivity contribution in [2.45, 2.75) is 18.7 Å². The second-order valence-corrected chi connectivity index (χ2v) is 9.32. The molecule has 1 aromatic carbocycles. The number of thiophene rings is 1. The molecule has 142 valence electrons. The standard InChI is InChI=1S/C18H20N4O2S3/c1-3-22(4-2)27(23,24)16-9-5-7-14(11-16)17-13-26-18(20-17)21-19-12-15-8-6-10-25-15/h5-13H,3-4H2,1-2H3,(H,20,21)/b19-12+. The molecule has 0 atom stereocenters. The minimum atomic E-state index is -3.49. The molecule has 1 N–H and O–H groups in total. The molecule has 0 aliphatic rings. The van der Waals surface area contributed by atoms with E-state index in [1.54, 1.807) is 35.8 Å². The van der Waals surface area contributed by atoms with Gasteiger partial charge in [-0.25, -0.2) is 13.4 Å². The molecule has 27 heavy (non-hydrogen) atoms. The number of thiazole rings is 1. The molecule has 2 aromatic heterocycles. The largest absolute Gasteiger partial charge is 0.253 e. The van der Waals surface area contributed by atoms with Gasteiger partial charge in [0.05, 0.1) is 16.8 Å². The lowest BCUT2D eigenvalue weighted by Crippen LogP contribution is -2.30. The van der Waals surface area contributed by atoms with E-state index < -0.39 is 10.0 Å². The summed E-state index contributed by atoms with van der Waals surface area (Å²) >= 11 is 3.02. The van der Waals surface area contributed by atoms with E-state index in [4.69, 9.17) is 0 Å². The maximum atomic E-state index is 12.7. The minimum Gasteiger partial charge on any atom is -0.253 e. The highest BCUT2D eigenvalue weighted by molar-refractivity contribution is 7.89. The second-order valence-electron chi connectivity index (χ2n) is 5.54. The van der Waals surface area contributed by atoms with Crippen molar-refractivity contribution in [3.8, 4) is 11.3 Å². The van der Waals surface area contributed by atoms with E-state index in [2.05, 4.69) is 15.5 Å². The summed E-state index contributed by atoms with van der Waals surface area (Å²) in [5.74, 6) is 0. The molecule has 0 fully saturated rings. The van der Waals surface area contributed by atoms with Crippen molar-refractivity contribution >= 4 is 44.0 Å². The van der Waals surface area contributed by atoms with Gasteiger partial charge in [0.2, 0.25) is 15.2 Å². The third kappa shape index (κ3) is 4.62. The summed E-state index contributed by atoms with van der Waals surface area (Å²) in [6.07, 6.45) is 1.74. The second kappa shape index (κ2) is 8.75. The van der Waals surface area contributed by atoms with Crippen molar-refractivity contribution in [3.63, 3.8) is 0 Å². The number of benzene rings is 1. The van der Waals surface area contributed by atoms with Crippen LogP contribution in [0.4, 0.5) is 5.13 Å². The van der Waals surface area contributed by atoms with Gasteiger partial charge in [0.1, 0.15) is 0 Å². The van der Waals surface area contributed by atoms with Gasteiger partial charge in [-0.1, -0.05) is 32.0 Å². The van der Waals surface area contributed by atoms with Crippen LogP contribution in [-0.4, -0.2) is 37.0 Å². The molecule has 9 heteroatoms. The maximum Gasteiger partial charge on any atom is 0.243 e. The van der Waals surface area contributed by atoms with Gasteiger partial charge in [-0.05, 0) is 23.6 Å². The fraction of sp³-hybridized carbons (Fsp3) is 0.222. The predicted molar refractivity (Wildman–Crippen MR) is 113 cm³/mol. The Bertz CT molecular complexity index is 1010. The van der Waals surface area contributed by atoms with E-state index in [1.165, 1.54) is 15.6 Å². The van der Waals surface area contributed by atoms with Crippen LogP contribution in [-0.2, 0) is 10.0 Å². The van der Waals surface area contributed by atoms with Gasteiger partial charge in [0.15, 0.2) is 0 Å². The number of aromatic nitrogens is 1. The summed E-state index contributed by atoms with van der Waals surface area (Å²) < 4.78 is 26.9. The lowest BCUT2D eigenvalue weighted by molar-refractivity contribution is 0.445. The van der Waals surface area contributed by atoms with Crippen LogP contribution in [0.15, 0.2) is 57.2 Å². The summed E-state index contributed by atoms with van der Waals surface area (Å²) in [4.78, 5) is 5.83. The van der Waals surface area contributed by atoms with Crippen molar-refractivity contribution in [2.24, 2.45) is 5.10 Å². The van der Waals surface area contributed by atoms with E-state index >= 15 is 0 Å². The van der Waals surface area contributed by atoms with E-state index in [0.29, 0.717) is 23.9 Å². The highest BCUT2D eigenvalue weighted by Crippen LogP contribution is 2.27. The van der Waals surface area contributed by atoms with Gasteiger partial charge in [-0.15, -0.1) is 22.7 Å². The quantitative estimate of drug-likeness (QED) is 0.434. The number of hydrogen-bond donors (Lipinski definition) is 1. The van der Waals surface area contributed by atoms with Crippen molar-refractivity contribution in [1.29, 1.82) is 0 Å². The zero-order chi connectivity index (χ0) is 19.3. The van der Waals surface area contributed by atoms with Crippen LogP contribution in [0.1, 0.15) is 18.7 Å². The van der Waals surface area contributed by atoms with Crippen LogP contribution < -0.4 is 5.43 Å². The van der Waals surface area contributed by atoms with Crippen molar-refractivity contribution in [3.05, 3.63) is 52.0 Å². The van der Waals surface area contributed by atoms with Gasteiger partial charge < -0.3 is 0 Å². The molecule has 0 unspecified atom stereocenters. The molecule has 3 rings (SSSR count). The van der Waals surface area contributed by atoms with Gasteiger partial charge in [-0.2, -0.15) is 9.41 Å². The Morgan fingerprint density at radius 2 is 2.00 bits per heavy atom. The molecule has 3 aromatic rings. The smallest absolute Gasteiger partial charge is 0.243 e. The molecule has 0 aliphatic heterocycles. The Morgan fingerprint density at radius 3 is 2.70 bits per heavy atom. The van der Waals surface area contributed by atoms with Crippen LogP contribution >= 0.6 is 22.7 Å². The Labute approximate surface area is 167 Å². The van der Waals surface area contributed by atoms with E-state index in [-0.39, 0.29) is 4.90 Å². The Morgan fingerprint density at radius 1 is 1.19 bits per heavy atom. The number of hydrogen-bond acceptors (Lipinski definition) is 7. The number of anilines is 1. The number of sulfonamides is 1. The SMILES string of the molecule is CCN(CC)S(=O)(=O)c1cccc(-c2csc(N/N=C/c3cccs3)n2)c1. The first-order valence-electron chi connectivity index (χ1n) is 8.43. The van der Waals surface area contributed by atoms with Crippen molar-refractivity contribution in [2.75, 3.05) is 18.5 Å². The van der Waals surface area contributed by atoms with Crippen LogP contribution in [0.3, 0.4) is 0 Å². The average molecular weight is 421 g/mol. The summed E-state index contributed by atoms with van der Waals surface area (Å²) in [5, 5.41) is 8.69. The average Bonchev–Trinajstić information content (AvgIpc) is 3.35. The predicted octanol–water partition coefficient (Wildman–Crippen LogP) is 4.35. The van der Waals surface area contributed by atoms with Crippen LogP contribution in [0, 0.1) is 0 Å². The molecule has 0 bridgehead atoms. The molecular formula is C18H20N4O2S3. The topological polar surface area (TPSA) is 74.7 Å².